The highest BCUT2D eigenvalue weighted by atomic mass is 79.9. The molecule has 2 atom stereocenters. The third kappa shape index (κ3) is 3.56. The van der Waals surface area contributed by atoms with Crippen molar-refractivity contribution in [3.05, 3.63) is 0 Å². The van der Waals surface area contributed by atoms with E-state index >= 15 is 0 Å². The molecule has 0 N–H and O–H groups in total. The van der Waals surface area contributed by atoms with Crippen molar-refractivity contribution in [2.45, 2.75) is 38.8 Å². The molecule has 78 valence electrons. The zero-order valence-corrected chi connectivity index (χ0v) is 10.2. The summed E-state index contributed by atoms with van der Waals surface area (Å²) in [5.74, 6) is 0. The molecule has 1 heterocycles. The smallest absolute Gasteiger partial charge is 0.0799 e. The number of ether oxygens (including phenoxy) is 1. The summed E-state index contributed by atoms with van der Waals surface area (Å²) in [4.78, 5) is 2.54. The highest BCUT2D eigenvalue weighted by Gasteiger charge is 2.22. The summed E-state index contributed by atoms with van der Waals surface area (Å²) >= 11 is 3.47. The van der Waals surface area contributed by atoms with Gasteiger partial charge < -0.3 is 4.74 Å². The summed E-state index contributed by atoms with van der Waals surface area (Å²) in [7, 11) is 0. The van der Waals surface area contributed by atoms with Crippen LogP contribution >= 0.6 is 15.9 Å². The molecule has 0 amide bonds. The van der Waals surface area contributed by atoms with Crippen LogP contribution in [0.4, 0.5) is 0 Å². The molecular formula is C10H20BrNO. The Morgan fingerprint density at radius 2 is 2.38 bits per heavy atom. The molecular weight excluding hydrogens is 230 g/mol. The van der Waals surface area contributed by atoms with Gasteiger partial charge in [0.1, 0.15) is 0 Å². The van der Waals surface area contributed by atoms with Gasteiger partial charge in [-0.05, 0) is 13.3 Å². The molecule has 0 spiro atoms. The van der Waals surface area contributed by atoms with Gasteiger partial charge in [0.25, 0.3) is 0 Å². The number of rotatable bonds is 4. The largest absolute Gasteiger partial charge is 0.375 e. The van der Waals surface area contributed by atoms with Gasteiger partial charge in [-0.25, -0.2) is 0 Å². The van der Waals surface area contributed by atoms with E-state index in [-0.39, 0.29) is 0 Å². The van der Waals surface area contributed by atoms with Crippen molar-refractivity contribution < 1.29 is 4.74 Å². The van der Waals surface area contributed by atoms with Crippen molar-refractivity contribution in [3.63, 3.8) is 0 Å². The van der Waals surface area contributed by atoms with Gasteiger partial charge >= 0.3 is 0 Å². The Bertz CT molecular complexity index is 143. The lowest BCUT2D eigenvalue weighted by molar-refractivity contribution is -0.0297. The van der Waals surface area contributed by atoms with Crippen LogP contribution in [0.5, 0.6) is 0 Å². The lowest BCUT2D eigenvalue weighted by Crippen LogP contribution is -2.47. The molecule has 0 aromatic rings. The number of halogens is 1. The molecule has 0 aromatic carbocycles. The highest BCUT2D eigenvalue weighted by molar-refractivity contribution is 9.09. The maximum atomic E-state index is 5.60. The summed E-state index contributed by atoms with van der Waals surface area (Å²) in [5.41, 5.74) is 0. The Labute approximate surface area is 89.8 Å². The van der Waals surface area contributed by atoms with Gasteiger partial charge in [0.2, 0.25) is 0 Å². The Morgan fingerprint density at radius 3 is 3.00 bits per heavy atom. The molecule has 0 aromatic heterocycles. The van der Waals surface area contributed by atoms with Gasteiger partial charge in [0, 0.05) is 24.5 Å². The van der Waals surface area contributed by atoms with Crippen LogP contribution in [0.2, 0.25) is 0 Å². The van der Waals surface area contributed by atoms with Crippen LogP contribution in [0.3, 0.4) is 0 Å². The molecule has 0 bridgehead atoms. The van der Waals surface area contributed by atoms with E-state index in [0.29, 0.717) is 6.10 Å². The number of nitrogens with zero attached hydrogens (tertiary/aromatic N) is 1. The standard InChI is InChI=1S/C10H20BrNO/c1-3-4-9(2)12-5-6-13-10(7-11)8-12/h9-10H,3-8H2,1-2H3. The number of alkyl halides is 1. The van der Waals surface area contributed by atoms with Crippen molar-refractivity contribution in [3.8, 4) is 0 Å². The van der Waals surface area contributed by atoms with Gasteiger partial charge in [0.05, 0.1) is 12.7 Å². The molecule has 1 aliphatic heterocycles. The minimum atomic E-state index is 0.396. The molecule has 2 nitrogen and oxygen atoms in total. The van der Waals surface area contributed by atoms with Crippen LogP contribution in [0.1, 0.15) is 26.7 Å². The molecule has 3 heteroatoms. The minimum absolute atomic E-state index is 0.396. The van der Waals surface area contributed by atoms with Gasteiger partial charge in [-0.1, -0.05) is 29.3 Å². The molecule has 1 saturated heterocycles. The SMILES string of the molecule is CCCC(C)N1CCOC(CBr)C1. The van der Waals surface area contributed by atoms with E-state index in [4.69, 9.17) is 4.74 Å². The van der Waals surface area contributed by atoms with Gasteiger partial charge in [-0.15, -0.1) is 0 Å². The highest BCUT2D eigenvalue weighted by Crippen LogP contribution is 2.13. The maximum absolute atomic E-state index is 5.60. The zero-order chi connectivity index (χ0) is 9.68. The Morgan fingerprint density at radius 1 is 1.62 bits per heavy atom. The summed E-state index contributed by atoms with van der Waals surface area (Å²) in [5, 5.41) is 0.961. The van der Waals surface area contributed by atoms with E-state index in [1.807, 2.05) is 0 Å². The van der Waals surface area contributed by atoms with Crippen LogP contribution < -0.4 is 0 Å². The van der Waals surface area contributed by atoms with Crippen LogP contribution in [0, 0.1) is 0 Å². The summed E-state index contributed by atoms with van der Waals surface area (Å²) < 4.78 is 5.60. The monoisotopic (exact) mass is 249 g/mol. The zero-order valence-electron chi connectivity index (χ0n) is 8.63. The first kappa shape index (κ1) is 11.5. The van der Waals surface area contributed by atoms with Crippen LogP contribution in [0.15, 0.2) is 0 Å². The molecule has 0 radical (unpaired) electrons. The normalized spacial score (nSPS) is 27.5. The Hall–Kier alpha value is 0.400. The van der Waals surface area contributed by atoms with Gasteiger partial charge in [-0.2, -0.15) is 0 Å². The average Bonchev–Trinajstić information content (AvgIpc) is 2.18. The van der Waals surface area contributed by atoms with Crippen molar-refractivity contribution in [1.82, 2.24) is 4.90 Å². The van der Waals surface area contributed by atoms with Crippen molar-refractivity contribution in [2.24, 2.45) is 0 Å². The minimum Gasteiger partial charge on any atom is -0.375 e. The van der Waals surface area contributed by atoms with Crippen LogP contribution in [-0.2, 0) is 4.74 Å². The lowest BCUT2D eigenvalue weighted by atomic mass is 10.1. The van der Waals surface area contributed by atoms with E-state index < -0.39 is 0 Å². The maximum Gasteiger partial charge on any atom is 0.0799 e. The fourth-order valence-corrected chi connectivity index (χ4v) is 2.23. The second kappa shape index (κ2) is 5.99. The number of hydrogen-bond donors (Lipinski definition) is 0. The molecule has 1 fully saturated rings. The third-order valence-electron chi connectivity index (χ3n) is 2.67. The average molecular weight is 250 g/mol. The fraction of sp³-hybridized carbons (Fsp3) is 1.00. The van der Waals surface area contributed by atoms with Crippen LogP contribution in [-0.4, -0.2) is 42.1 Å². The molecule has 1 aliphatic rings. The van der Waals surface area contributed by atoms with E-state index in [9.17, 15) is 0 Å². The summed E-state index contributed by atoms with van der Waals surface area (Å²) in [6.45, 7) is 7.65. The second-order valence-electron chi connectivity index (χ2n) is 3.78. The summed E-state index contributed by atoms with van der Waals surface area (Å²) in [6.07, 6.45) is 2.97. The van der Waals surface area contributed by atoms with E-state index in [1.165, 1.54) is 12.8 Å². The quantitative estimate of drug-likeness (QED) is 0.710. The van der Waals surface area contributed by atoms with Crippen LogP contribution in [0.25, 0.3) is 0 Å². The molecule has 1 rings (SSSR count). The first-order chi connectivity index (χ1) is 6.27. The van der Waals surface area contributed by atoms with Crippen molar-refractivity contribution >= 4 is 15.9 Å². The second-order valence-corrected chi connectivity index (χ2v) is 4.43. The van der Waals surface area contributed by atoms with E-state index in [2.05, 4.69) is 34.7 Å². The fourth-order valence-electron chi connectivity index (χ4n) is 1.84. The van der Waals surface area contributed by atoms with E-state index in [0.717, 1.165) is 31.1 Å². The topological polar surface area (TPSA) is 12.5 Å². The third-order valence-corrected chi connectivity index (χ3v) is 3.39. The van der Waals surface area contributed by atoms with Crippen molar-refractivity contribution in [2.75, 3.05) is 25.0 Å². The van der Waals surface area contributed by atoms with E-state index in [1.54, 1.807) is 0 Å². The van der Waals surface area contributed by atoms with Gasteiger partial charge in [-0.3, -0.25) is 4.90 Å². The predicted octanol–water partition coefficient (Wildman–Crippen LogP) is 2.27. The number of hydrogen-bond acceptors (Lipinski definition) is 2. The molecule has 13 heavy (non-hydrogen) atoms. The lowest BCUT2D eigenvalue weighted by Gasteiger charge is -2.36. The Balaban J connectivity index is 2.32. The first-order valence-electron chi connectivity index (χ1n) is 5.19. The number of morpholine rings is 1. The first-order valence-corrected chi connectivity index (χ1v) is 6.31. The molecule has 0 aliphatic carbocycles. The Kier molecular flexibility index (Phi) is 5.29. The summed E-state index contributed by atoms with van der Waals surface area (Å²) in [6, 6.07) is 0.718. The molecule has 0 saturated carbocycles. The molecule has 2 unspecified atom stereocenters. The van der Waals surface area contributed by atoms with Gasteiger partial charge in [0.15, 0.2) is 0 Å². The predicted molar refractivity (Wildman–Crippen MR) is 59.5 cm³/mol. The van der Waals surface area contributed by atoms with Crippen molar-refractivity contribution in [1.29, 1.82) is 0 Å².